The maximum absolute atomic E-state index is 12.2. The third-order valence-electron chi connectivity index (χ3n) is 13.7. The van der Waals surface area contributed by atoms with Gasteiger partial charge in [-0.1, -0.05) is 102 Å². The number of phenolic OH excluding ortho intramolecular Hbond substituents is 4. The average Bonchev–Trinajstić information content (AvgIpc) is 3.71. The largest absolute Gasteiger partial charge is 0.504 e. The molecule has 1 aliphatic rings. The molecular weight excluding hydrogens is 837 g/mol. The number of hydrogen-bond donors (Lipinski definition) is 6. The van der Waals surface area contributed by atoms with E-state index in [0.29, 0.717) is 11.4 Å². The molecule has 6 N–H and O–H groups in total. The molecule has 8 aromatic rings. The fourth-order valence-corrected chi connectivity index (χ4v) is 9.66. The molecular formula is C54H60N2O10. The van der Waals surface area contributed by atoms with Gasteiger partial charge in [-0.15, -0.1) is 0 Å². The second kappa shape index (κ2) is 14.3. The highest BCUT2D eigenvalue weighted by Crippen LogP contribution is 2.54. The number of phenols is 4. The minimum absolute atomic E-state index is 0.00390. The standard InChI is InChI=1S/C54H60N2O10/c1-50(2,3)27-14-16-29(17-15-27)55(36-26-63-38-24-34-33(23-32(36)38)53(10,11)18-19-54(34,12)13)30-20-28(51(4,5)6)21-31(22-30)56-35-25-37(57)47-39(42(58)49(62)64-47)46(35)65-66-48-41(56)45(61)43(59)40(44(48)60)52(7,8)9/h14-17,20-26,57-62H,18-19H2,1-13H3. The Hall–Kier alpha value is -6.82. The fraction of sp³-hybridized carbons (Fsp3) is 0.370. The van der Waals surface area contributed by atoms with Crippen LogP contribution < -0.4 is 4.90 Å². The van der Waals surface area contributed by atoms with E-state index >= 15 is 0 Å². The van der Waals surface area contributed by atoms with Crippen LogP contribution in [0.1, 0.15) is 131 Å². The number of anilines is 3. The first kappa shape index (κ1) is 44.4. The van der Waals surface area contributed by atoms with Crippen LogP contribution in [0.25, 0.3) is 49.8 Å². The van der Waals surface area contributed by atoms with Crippen LogP contribution in [0, 0.1) is 0 Å². The van der Waals surface area contributed by atoms with Gasteiger partial charge in [0.25, 0.3) is 0 Å². The van der Waals surface area contributed by atoms with Crippen LogP contribution in [0.4, 0.5) is 17.1 Å². The van der Waals surface area contributed by atoms with E-state index in [2.05, 4.69) is 117 Å². The Morgan fingerprint density at radius 1 is 0.591 bits per heavy atom. The van der Waals surface area contributed by atoms with Crippen molar-refractivity contribution >= 4 is 61.2 Å². The van der Waals surface area contributed by atoms with Crippen LogP contribution in [0.5, 0.6) is 34.7 Å². The molecule has 0 radical (unpaired) electrons. The molecule has 0 aliphatic heterocycles. The number of nitrogens with zero attached hydrogens (tertiary/aromatic N) is 2. The summed E-state index contributed by atoms with van der Waals surface area (Å²) >= 11 is 0. The number of aromatic nitrogens is 1. The zero-order valence-electron chi connectivity index (χ0n) is 40.0. The summed E-state index contributed by atoms with van der Waals surface area (Å²) in [7, 11) is 0. The zero-order chi connectivity index (χ0) is 48.0. The maximum atomic E-state index is 12.2. The first-order valence-corrected chi connectivity index (χ1v) is 22.4. The Morgan fingerprint density at radius 3 is 1.80 bits per heavy atom. The molecule has 9 rings (SSSR count). The summed E-state index contributed by atoms with van der Waals surface area (Å²) in [6, 6.07) is 20.1. The van der Waals surface area contributed by atoms with Crippen LogP contribution in [0.15, 0.2) is 84.9 Å². The van der Waals surface area contributed by atoms with Crippen molar-refractivity contribution in [2.45, 2.75) is 130 Å². The van der Waals surface area contributed by atoms with E-state index in [0.717, 1.165) is 46.3 Å². The molecule has 12 heteroatoms. The smallest absolute Gasteiger partial charge is 0.327 e. The summed E-state index contributed by atoms with van der Waals surface area (Å²) < 4.78 is 25.2. The molecule has 0 bridgehead atoms. The van der Waals surface area contributed by atoms with Gasteiger partial charge in [-0.05, 0) is 105 Å². The van der Waals surface area contributed by atoms with Crippen LogP contribution in [-0.2, 0) is 27.1 Å². The predicted molar refractivity (Wildman–Crippen MR) is 259 cm³/mol. The van der Waals surface area contributed by atoms with Gasteiger partial charge < -0.3 is 44.4 Å². The lowest BCUT2D eigenvalue weighted by molar-refractivity contribution is 0.0902. The molecule has 0 spiro atoms. The summed E-state index contributed by atoms with van der Waals surface area (Å²) in [6.45, 7) is 27.2. The van der Waals surface area contributed by atoms with Gasteiger partial charge >= 0.3 is 5.95 Å². The number of aromatic hydroxyl groups is 6. The van der Waals surface area contributed by atoms with Crippen LogP contribution in [0.3, 0.4) is 0 Å². The van der Waals surface area contributed by atoms with E-state index in [1.807, 2.05) is 12.1 Å². The number of fused-ring (bicyclic) bond motifs is 6. The average molecular weight is 897 g/mol. The van der Waals surface area contributed by atoms with E-state index < -0.39 is 45.5 Å². The highest BCUT2D eigenvalue weighted by molar-refractivity contribution is 6.09. The van der Waals surface area contributed by atoms with Crippen molar-refractivity contribution in [2.24, 2.45) is 0 Å². The molecule has 0 saturated carbocycles. The Kier molecular flexibility index (Phi) is 9.64. The fourth-order valence-electron chi connectivity index (χ4n) is 9.66. The predicted octanol–water partition coefficient (Wildman–Crippen LogP) is 14.5. The van der Waals surface area contributed by atoms with Gasteiger partial charge in [-0.2, -0.15) is 0 Å². The molecule has 0 amide bonds. The zero-order valence-corrected chi connectivity index (χ0v) is 40.0. The van der Waals surface area contributed by atoms with Crippen molar-refractivity contribution < 1.29 is 48.6 Å². The molecule has 0 atom stereocenters. The van der Waals surface area contributed by atoms with Crippen LogP contribution in [0.2, 0.25) is 0 Å². The van der Waals surface area contributed by atoms with Gasteiger partial charge in [0.05, 0.1) is 11.2 Å². The highest BCUT2D eigenvalue weighted by atomic mass is 17.0. The van der Waals surface area contributed by atoms with Gasteiger partial charge in [0, 0.05) is 34.1 Å². The summed E-state index contributed by atoms with van der Waals surface area (Å²) in [4.78, 5) is 2.13. The Labute approximate surface area is 383 Å². The lowest BCUT2D eigenvalue weighted by atomic mass is 9.63. The maximum Gasteiger partial charge on any atom is 0.327 e. The molecule has 0 saturated heterocycles. The molecule has 5 aromatic carbocycles. The normalized spacial score (nSPS) is 15.2. The van der Waals surface area contributed by atoms with Gasteiger partial charge in [-0.3, -0.25) is 13.7 Å². The molecule has 346 valence electrons. The number of benzene rings is 5. The van der Waals surface area contributed by atoms with Gasteiger partial charge in [0.2, 0.25) is 16.9 Å². The van der Waals surface area contributed by atoms with Gasteiger partial charge in [0.1, 0.15) is 22.7 Å². The SMILES string of the molecule is CC(C)(C)c1ccc(N(c2cc(-n3c4cc(O)c5oc(O)c(O)c5c4ooc4c(O)c(C(C)(C)C)c(O)c(O)c43)cc(C(C)(C)C)c2)c2coc3cc4c(cc23)C(C)(C)CCC4(C)C)cc1. The lowest BCUT2D eigenvalue weighted by Crippen LogP contribution is -2.33. The number of rotatable bonds is 4. The Balaban J connectivity index is 1.45. The minimum Gasteiger partial charge on any atom is -0.504 e. The third kappa shape index (κ3) is 6.86. The lowest BCUT2D eigenvalue weighted by Gasteiger charge is -2.41. The summed E-state index contributed by atoms with van der Waals surface area (Å²) in [5.74, 6) is -3.89. The van der Waals surface area contributed by atoms with E-state index in [9.17, 15) is 30.6 Å². The summed E-state index contributed by atoms with van der Waals surface area (Å²) in [5, 5.41) is 70.0. The first-order valence-electron chi connectivity index (χ1n) is 22.4. The molecule has 66 heavy (non-hydrogen) atoms. The summed E-state index contributed by atoms with van der Waals surface area (Å²) in [5.41, 5.74) is 5.08. The van der Waals surface area contributed by atoms with Crippen molar-refractivity contribution in [2.75, 3.05) is 4.90 Å². The molecule has 0 fully saturated rings. The number of furan rings is 2. The van der Waals surface area contributed by atoms with Gasteiger partial charge in [0.15, 0.2) is 28.6 Å². The van der Waals surface area contributed by atoms with E-state index in [1.54, 1.807) is 27.0 Å². The Morgan fingerprint density at radius 2 is 1.20 bits per heavy atom. The molecule has 3 heterocycles. The second-order valence-electron chi connectivity index (χ2n) is 22.5. The summed E-state index contributed by atoms with van der Waals surface area (Å²) in [6.07, 6.45) is 3.86. The first-order chi connectivity index (χ1) is 30.6. The van der Waals surface area contributed by atoms with Crippen molar-refractivity contribution in [1.29, 1.82) is 0 Å². The van der Waals surface area contributed by atoms with Crippen LogP contribution >= 0.6 is 0 Å². The molecule has 0 unspecified atom stereocenters. The molecule has 1 aliphatic carbocycles. The topological polar surface area (TPSA) is 182 Å². The van der Waals surface area contributed by atoms with E-state index in [1.165, 1.54) is 21.8 Å². The molecule has 3 aromatic heterocycles. The van der Waals surface area contributed by atoms with Gasteiger partial charge in [-0.25, -0.2) is 0 Å². The Bertz CT molecular complexity index is 3330. The second-order valence-corrected chi connectivity index (χ2v) is 22.5. The highest BCUT2D eigenvalue weighted by Gasteiger charge is 2.39. The third-order valence-corrected chi connectivity index (χ3v) is 13.7. The van der Waals surface area contributed by atoms with Crippen molar-refractivity contribution in [3.63, 3.8) is 0 Å². The van der Waals surface area contributed by atoms with Crippen LogP contribution in [-0.4, -0.2) is 35.2 Å². The quantitative estimate of drug-likeness (QED) is 0.0562. The monoisotopic (exact) mass is 896 g/mol. The van der Waals surface area contributed by atoms with Crippen molar-refractivity contribution in [3.05, 3.63) is 94.7 Å². The van der Waals surface area contributed by atoms with E-state index in [4.69, 9.17) is 18.0 Å². The minimum atomic E-state index is -0.909. The van der Waals surface area contributed by atoms with Crippen molar-refractivity contribution in [3.8, 4) is 40.4 Å². The molecule has 12 nitrogen and oxygen atoms in total. The number of hydrogen-bond acceptors (Lipinski definition) is 11. The van der Waals surface area contributed by atoms with Crippen molar-refractivity contribution in [1.82, 2.24) is 4.57 Å². The van der Waals surface area contributed by atoms with E-state index in [-0.39, 0.29) is 55.0 Å².